The van der Waals surface area contributed by atoms with Crippen LogP contribution in [0.2, 0.25) is 0 Å². The van der Waals surface area contributed by atoms with Gasteiger partial charge in [-0.3, -0.25) is 9.69 Å². The van der Waals surface area contributed by atoms with Crippen LogP contribution in [0.4, 0.5) is 0 Å². The Hall–Kier alpha value is -1.55. The monoisotopic (exact) mass is 265 g/mol. The van der Waals surface area contributed by atoms with Crippen LogP contribution < -0.4 is 4.74 Å². The standard InChI is InChI=1S/C15H23NO3/c1-4-19-14-7-5-6-13(10-14)11-16(12(2)3)9-8-15(17)18/h5-7,10,12H,4,8-9,11H2,1-3H3,(H,17,18). The van der Waals surface area contributed by atoms with Crippen molar-refractivity contribution in [1.29, 1.82) is 0 Å². The van der Waals surface area contributed by atoms with Gasteiger partial charge in [-0.2, -0.15) is 0 Å². The average Bonchev–Trinajstić information content (AvgIpc) is 2.34. The Labute approximate surface area is 115 Å². The molecule has 1 N–H and O–H groups in total. The number of carbonyl (C=O) groups is 1. The number of hydrogen-bond donors (Lipinski definition) is 1. The van der Waals surface area contributed by atoms with Crippen molar-refractivity contribution in [1.82, 2.24) is 4.90 Å². The summed E-state index contributed by atoms with van der Waals surface area (Å²) < 4.78 is 5.47. The van der Waals surface area contributed by atoms with Gasteiger partial charge >= 0.3 is 5.97 Å². The number of nitrogens with zero attached hydrogens (tertiary/aromatic N) is 1. The van der Waals surface area contributed by atoms with Crippen molar-refractivity contribution < 1.29 is 14.6 Å². The van der Waals surface area contributed by atoms with Crippen molar-refractivity contribution in [3.05, 3.63) is 29.8 Å². The van der Waals surface area contributed by atoms with Crippen molar-refractivity contribution >= 4 is 5.97 Å². The van der Waals surface area contributed by atoms with Crippen LogP contribution in [-0.2, 0) is 11.3 Å². The number of benzene rings is 1. The molecule has 0 saturated carbocycles. The Bertz CT molecular complexity index is 404. The van der Waals surface area contributed by atoms with Crippen LogP contribution >= 0.6 is 0 Å². The molecule has 0 atom stereocenters. The van der Waals surface area contributed by atoms with E-state index < -0.39 is 5.97 Å². The molecule has 19 heavy (non-hydrogen) atoms. The van der Waals surface area contributed by atoms with Gasteiger partial charge in [0, 0.05) is 19.1 Å². The van der Waals surface area contributed by atoms with Gasteiger partial charge in [0.25, 0.3) is 0 Å². The Balaban J connectivity index is 2.67. The van der Waals surface area contributed by atoms with Gasteiger partial charge in [-0.15, -0.1) is 0 Å². The van der Waals surface area contributed by atoms with Gasteiger partial charge in [0.05, 0.1) is 13.0 Å². The minimum atomic E-state index is -0.756. The van der Waals surface area contributed by atoms with Crippen LogP contribution in [0.5, 0.6) is 5.75 Å². The molecule has 0 radical (unpaired) electrons. The van der Waals surface area contributed by atoms with Gasteiger partial charge in [0.15, 0.2) is 0 Å². The van der Waals surface area contributed by atoms with Crippen molar-refractivity contribution in [2.75, 3.05) is 13.2 Å². The highest BCUT2D eigenvalue weighted by atomic mass is 16.5. The second-order valence-corrected chi connectivity index (χ2v) is 4.79. The highest BCUT2D eigenvalue weighted by Crippen LogP contribution is 2.16. The molecule has 0 heterocycles. The Morgan fingerprint density at radius 1 is 1.42 bits per heavy atom. The minimum absolute atomic E-state index is 0.170. The first-order chi connectivity index (χ1) is 9.02. The molecule has 0 aliphatic carbocycles. The molecule has 0 bridgehead atoms. The third-order valence-corrected chi connectivity index (χ3v) is 2.94. The first kappa shape index (κ1) is 15.5. The van der Waals surface area contributed by atoms with E-state index in [0.29, 0.717) is 19.2 Å². The molecule has 106 valence electrons. The lowest BCUT2D eigenvalue weighted by Crippen LogP contribution is -2.32. The van der Waals surface area contributed by atoms with Crippen molar-refractivity contribution in [2.45, 2.75) is 39.8 Å². The van der Waals surface area contributed by atoms with E-state index in [1.807, 2.05) is 31.2 Å². The topological polar surface area (TPSA) is 49.8 Å². The van der Waals surface area contributed by atoms with Crippen molar-refractivity contribution in [3.63, 3.8) is 0 Å². The maximum Gasteiger partial charge on any atom is 0.304 e. The maximum absolute atomic E-state index is 10.7. The number of hydrogen-bond acceptors (Lipinski definition) is 3. The van der Waals surface area contributed by atoms with Gasteiger partial charge in [0.2, 0.25) is 0 Å². The fourth-order valence-corrected chi connectivity index (χ4v) is 1.89. The first-order valence-corrected chi connectivity index (χ1v) is 6.70. The van der Waals surface area contributed by atoms with Crippen LogP contribution in [-0.4, -0.2) is 35.2 Å². The van der Waals surface area contributed by atoms with Crippen LogP contribution in [0.3, 0.4) is 0 Å². The van der Waals surface area contributed by atoms with Crippen molar-refractivity contribution in [2.24, 2.45) is 0 Å². The lowest BCUT2D eigenvalue weighted by atomic mass is 10.1. The zero-order valence-corrected chi connectivity index (χ0v) is 11.9. The average molecular weight is 265 g/mol. The quantitative estimate of drug-likeness (QED) is 0.785. The number of carboxylic acid groups (broad SMARTS) is 1. The van der Waals surface area contributed by atoms with Gasteiger partial charge in [0.1, 0.15) is 5.75 Å². The minimum Gasteiger partial charge on any atom is -0.494 e. The molecular weight excluding hydrogens is 242 g/mol. The molecular formula is C15H23NO3. The van der Waals surface area contributed by atoms with Gasteiger partial charge in [-0.1, -0.05) is 12.1 Å². The second-order valence-electron chi connectivity index (χ2n) is 4.79. The summed E-state index contributed by atoms with van der Waals surface area (Å²) in [5.74, 6) is 0.107. The molecule has 4 heteroatoms. The third kappa shape index (κ3) is 5.75. The van der Waals surface area contributed by atoms with Gasteiger partial charge in [-0.25, -0.2) is 0 Å². The highest BCUT2D eigenvalue weighted by Gasteiger charge is 2.12. The fraction of sp³-hybridized carbons (Fsp3) is 0.533. The summed E-state index contributed by atoms with van der Waals surface area (Å²) in [5, 5.41) is 8.78. The van der Waals surface area contributed by atoms with E-state index in [0.717, 1.165) is 17.9 Å². The number of aliphatic carboxylic acids is 1. The Morgan fingerprint density at radius 3 is 2.74 bits per heavy atom. The molecule has 0 aromatic heterocycles. The predicted molar refractivity (Wildman–Crippen MR) is 75.4 cm³/mol. The molecule has 0 aliphatic rings. The van der Waals surface area contributed by atoms with Crippen LogP contribution in [0, 0.1) is 0 Å². The Morgan fingerprint density at radius 2 is 2.16 bits per heavy atom. The molecule has 1 rings (SSSR count). The normalized spacial score (nSPS) is 11.0. The molecule has 4 nitrogen and oxygen atoms in total. The van der Waals surface area contributed by atoms with E-state index in [1.54, 1.807) is 0 Å². The molecule has 1 aromatic carbocycles. The van der Waals surface area contributed by atoms with E-state index in [-0.39, 0.29) is 6.42 Å². The summed E-state index contributed by atoms with van der Waals surface area (Å²) in [5.41, 5.74) is 1.14. The number of carboxylic acids is 1. The molecule has 0 saturated heterocycles. The zero-order chi connectivity index (χ0) is 14.3. The van der Waals surface area contributed by atoms with Crippen LogP contribution in [0.1, 0.15) is 32.8 Å². The summed E-state index contributed by atoms with van der Waals surface area (Å²) in [7, 11) is 0. The van der Waals surface area contributed by atoms with E-state index >= 15 is 0 Å². The number of rotatable bonds is 8. The predicted octanol–water partition coefficient (Wildman–Crippen LogP) is 2.77. The van der Waals surface area contributed by atoms with E-state index in [4.69, 9.17) is 9.84 Å². The SMILES string of the molecule is CCOc1cccc(CN(CCC(=O)O)C(C)C)c1. The van der Waals surface area contributed by atoms with E-state index in [9.17, 15) is 4.79 Å². The van der Waals surface area contributed by atoms with E-state index in [1.165, 1.54) is 0 Å². The fourth-order valence-electron chi connectivity index (χ4n) is 1.89. The summed E-state index contributed by atoms with van der Waals surface area (Å²) in [6.45, 7) is 8.07. The summed E-state index contributed by atoms with van der Waals surface area (Å²) >= 11 is 0. The molecule has 0 amide bonds. The van der Waals surface area contributed by atoms with E-state index in [2.05, 4.69) is 18.7 Å². The molecule has 0 spiro atoms. The lowest BCUT2D eigenvalue weighted by molar-refractivity contribution is -0.137. The van der Waals surface area contributed by atoms with Crippen LogP contribution in [0.25, 0.3) is 0 Å². The Kier molecular flexibility index (Phi) is 6.36. The van der Waals surface area contributed by atoms with Crippen LogP contribution in [0.15, 0.2) is 24.3 Å². The third-order valence-electron chi connectivity index (χ3n) is 2.94. The summed E-state index contributed by atoms with van der Waals surface area (Å²) in [4.78, 5) is 12.8. The molecule has 0 fully saturated rings. The number of ether oxygens (including phenoxy) is 1. The first-order valence-electron chi connectivity index (χ1n) is 6.70. The molecule has 0 aliphatic heterocycles. The second kappa shape index (κ2) is 7.79. The molecule has 0 unspecified atom stereocenters. The van der Waals surface area contributed by atoms with Gasteiger partial charge < -0.3 is 9.84 Å². The smallest absolute Gasteiger partial charge is 0.304 e. The molecule has 1 aromatic rings. The summed E-state index contributed by atoms with van der Waals surface area (Å²) in [6.07, 6.45) is 0.170. The van der Waals surface area contributed by atoms with Crippen molar-refractivity contribution in [3.8, 4) is 5.75 Å². The highest BCUT2D eigenvalue weighted by molar-refractivity contribution is 5.66. The largest absolute Gasteiger partial charge is 0.494 e. The summed E-state index contributed by atoms with van der Waals surface area (Å²) in [6, 6.07) is 8.27. The zero-order valence-electron chi connectivity index (χ0n) is 11.9. The maximum atomic E-state index is 10.7. The lowest BCUT2D eigenvalue weighted by Gasteiger charge is -2.26. The van der Waals surface area contributed by atoms with Gasteiger partial charge in [-0.05, 0) is 38.5 Å².